The van der Waals surface area contributed by atoms with Crippen LogP contribution in [0, 0.1) is 5.82 Å². The zero-order valence-corrected chi connectivity index (χ0v) is 24.8. The summed E-state index contributed by atoms with van der Waals surface area (Å²) in [6.45, 7) is 0. The molecule has 0 bridgehead atoms. The zero-order valence-electron chi connectivity index (χ0n) is 19.9. The first-order chi connectivity index (χ1) is 16.7. The van der Waals surface area contributed by atoms with Gasteiger partial charge in [0.2, 0.25) is 0 Å². The number of phenols is 1. The smallest absolute Gasteiger partial charge is 0.430 e. The largest absolute Gasteiger partial charge is 0.507 e. The molecule has 0 unspecified atom stereocenters. The molecule has 3 aromatic rings. The fraction of sp³-hybridized carbons (Fsp3) is 0.174. The Bertz CT molecular complexity index is 1280. The van der Waals surface area contributed by atoms with Gasteiger partial charge in [-0.05, 0) is 42.5 Å². The van der Waals surface area contributed by atoms with E-state index < -0.39 is 41.1 Å². The van der Waals surface area contributed by atoms with Crippen molar-refractivity contribution in [2.45, 2.75) is 27.7 Å². The van der Waals surface area contributed by atoms with Gasteiger partial charge in [-0.15, -0.1) is 0 Å². The van der Waals surface area contributed by atoms with Crippen LogP contribution in [0.5, 0.6) is 5.75 Å². The Balaban J connectivity index is 0.00000361. The Morgan fingerprint density at radius 3 is 2.08 bits per heavy atom. The summed E-state index contributed by atoms with van der Waals surface area (Å²) in [5.41, 5.74) is -5.85. The van der Waals surface area contributed by atoms with Crippen LogP contribution in [0.15, 0.2) is 75.3 Å². The molecular formula is C23H15F7Na2O5S. The average Bonchev–Trinajstić information content (AvgIpc) is 3.25. The minimum atomic E-state index is -5.96. The molecule has 0 amide bonds. The van der Waals surface area contributed by atoms with Crippen LogP contribution in [0.2, 0.25) is 0 Å². The maximum Gasteiger partial charge on any atom is 0.430 e. The molecule has 0 aliphatic heterocycles. The topological polar surface area (TPSA) is 79.9 Å². The van der Waals surface area contributed by atoms with E-state index in [1.165, 1.54) is 30.7 Å². The average molecular weight is 582 g/mol. The number of alkyl halides is 6. The van der Waals surface area contributed by atoms with Crippen molar-refractivity contribution in [2.24, 2.45) is 0 Å². The standard InChI is InChI=1S/C23H15F7O5S.2Na/c1-34-21(22(25,26)27,23(28,29)30)13-6-14(24)8-16(7-13)36-15-2-3-17(19(31)9-15)18(10-20(32)33)12-4-5-35-11-12;;/h2-11,31H,1H3,(H,32,33);;. The summed E-state index contributed by atoms with van der Waals surface area (Å²) in [5, 5.41) is 19.6. The Morgan fingerprint density at radius 1 is 0.974 bits per heavy atom. The van der Waals surface area contributed by atoms with Gasteiger partial charge < -0.3 is 19.4 Å². The van der Waals surface area contributed by atoms with E-state index in [4.69, 9.17) is 9.52 Å². The van der Waals surface area contributed by atoms with Crippen molar-refractivity contribution in [2.75, 3.05) is 7.11 Å². The third-order valence-electron chi connectivity index (χ3n) is 4.98. The number of hydrogen-bond acceptors (Lipinski definition) is 5. The van der Waals surface area contributed by atoms with Crippen LogP contribution < -0.4 is 0 Å². The number of halogens is 7. The quantitative estimate of drug-likeness (QED) is 0.202. The van der Waals surface area contributed by atoms with Gasteiger partial charge in [-0.2, -0.15) is 26.3 Å². The molecule has 0 saturated carbocycles. The molecule has 0 fully saturated rings. The molecule has 0 atom stereocenters. The number of rotatable bonds is 7. The minimum Gasteiger partial charge on any atom is -0.507 e. The van der Waals surface area contributed by atoms with Crippen LogP contribution in [-0.4, -0.2) is 94.8 Å². The number of aliphatic carboxylic acids is 1. The van der Waals surface area contributed by atoms with E-state index in [9.17, 15) is 40.6 Å². The van der Waals surface area contributed by atoms with Gasteiger partial charge in [0, 0.05) is 104 Å². The maximum atomic E-state index is 14.2. The second-order valence-corrected chi connectivity index (χ2v) is 8.39. The molecule has 3 rings (SSSR count). The van der Waals surface area contributed by atoms with Gasteiger partial charge in [0.05, 0.1) is 12.5 Å². The molecule has 1 aromatic heterocycles. The van der Waals surface area contributed by atoms with Gasteiger partial charge in [0.25, 0.3) is 5.60 Å². The molecule has 0 saturated heterocycles. The fourth-order valence-electron chi connectivity index (χ4n) is 3.46. The summed E-state index contributed by atoms with van der Waals surface area (Å²) in [4.78, 5) is 11.0. The van der Waals surface area contributed by atoms with Gasteiger partial charge in [-0.1, -0.05) is 11.8 Å². The maximum absolute atomic E-state index is 14.2. The molecule has 2 radical (unpaired) electrons. The molecule has 2 N–H and O–H groups in total. The second kappa shape index (κ2) is 13.3. The summed E-state index contributed by atoms with van der Waals surface area (Å²) in [6.07, 6.45) is -8.61. The predicted molar refractivity (Wildman–Crippen MR) is 124 cm³/mol. The number of carbonyl (C=O) groups is 1. The van der Waals surface area contributed by atoms with E-state index in [0.717, 1.165) is 12.1 Å². The number of aromatic hydroxyl groups is 1. The van der Waals surface area contributed by atoms with Gasteiger partial charge in [0.1, 0.15) is 11.6 Å². The summed E-state index contributed by atoms with van der Waals surface area (Å²) in [7, 11) is 0.220. The van der Waals surface area contributed by atoms with Crippen LogP contribution in [0.3, 0.4) is 0 Å². The molecule has 1 heterocycles. The van der Waals surface area contributed by atoms with E-state index in [2.05, 4.69) is 4.74 Å². The molecule has 0 aliphatic rings. The van der Waals surface area contributed by atoms with Gasteiger partial charge in [-0.3, -0.25) is 0 Å². The molecule has 194 valence electrons. The van der Waals surface area contributed by atoms with Crippen molar-refractivity contribution in [3.8, 4) is 5.75 Å². The van der Waals surface area contributed by atoms with Crippen molar-refractivity contribution < 1.29 is 54.9 Å². The molecule has 0 aliphatic carbocycles. The number of methoxy groups -OCH3 is 1. The van der Waals surface area contributed by atoms with Crippen LogP contribution in [0.25, 0.3) is 5.57 Å². The van der Waals surface area contributed by atoms with E-state index in [-0.39, 0.29) is 93.2 Å². The first-order valence-corrected chi connectivity index (χ1v) is 10.5. The van der Waals surface area contributed by atoms with E-state index in [1.54, 1.807) is 0 Å². The molecule has 0 spiro atoms. The van der Waals surface area contributed by atoms with Crippen LogP contribution >= 0.6 is 11.8 Å². The molecule has 38 heavy (non-hydrogen) atoms. The fourth-order valence-corrected chi connectivity index (χ4v) is 4.40. The molecule has 2 aromatic carbocycles. The number of hydrogen-bond donors (Lipinski definition) is 2. The number of benzene rings is 2. The van der Waals surface area contributed by atoms with Crippen molar-refractivity contribution in [3.05, 3.63) is 83.6 Å². The normalized spacial score (nSPS) is 12.5. The second-order valence-electron chi connectivity index (χ2n) is 7.25. The first-order valence-electron chi connectivity index (χ1n) is 9.67. The summed E-state index contributed by atoms with van der Waals surface area (Å²) < 4.78 is 104. The minimum absolute atomic E-state index is 0. The molecule has 5 nitrogen and oxygen atoms in total. The third-order valence-corrected chi connectivity index (χ3v) is 5.94. The Morgan fingerprint density at radius 2 is 1.61 bits per heavy atom. The van der Waals surface area contributed by atoms with Crippen LogP contribution in [0.4, 0.5) is 30.7 Å². The van der Waals surface area contributed by atoms with Crippen LogP contribution in [-0.2, 0) is 15.1 Å². The first kappa shape index (κ1) is 34.6. The Kier molecular flexibility index (Phi) is 12.1. The Hall–Kier alpha value is -1.45. The van der Waals surface area contributed by atoms with Gasteiger partial charge >= 0.3 is 18.3 Å². The van der Waals surface area contributed by atoms with Crippen molar-refractivity contribution in [1.29, 1.82) is 0 Å². The number of carboxylic acids is 1. The Labute approximate surface area is 259 Å². The zero-order chi connectivity index (χ0) is 26.9. The van der Waals surface area contributed by atoms with Gasteiger partial charge in [0.15, 0.2) is 0 Å². The van der Waals surface area contributed by atoms with Crippen molar-refractivity contribution >= 4 is 82.4 Å². The number of phenolic OH excluding ortho intramolecular Hbond substituents is 1. The molecular weight excluding hydrogens is 567 g/mol. The van der Waals surface area contributed by atoms with Crippen LogP contribution in [0.1, 0.15) is 16.7 Å². The predicted octanol–water partition coefficient (Wildman–Crippen LogP) is 6.00. The van der Waals surface area contributed by atoms with E-state index in [1.807, 2.05) is 0 Å². The molecule has 15 heteroatoms. The third kappa shape index (κ3) is 7.19. The van der Waals surface area contributed by atoms with Crippen molar-refractivity contribution in [1.82, 2.24) is 0 Å². The number of carboxylic acid groups (broad SMARTS) is 1. The monoisotopic (exact) mass is 582 g/mol. The number of furan rings is 1. The van der Waals surface area contributed by atoms with E-state index in [0.29, 0.717) is 29.5 Å². The summed E-state index contributed by atoms with van der Waals surface area (Å²) in [5.74, 6) is -3.16. The van der Waals surface area contributed by atoms with Gasteiger partial charge in [-0.25, -0.2) is 9.18 Å². The summed E-state index contributed by atoms with van der Waals surface area (Å²) in [6, 6.07) is 6.43. The van der Waals surface area contributed by atoms with Crippen molar-refractivity contribution in [3.63, 3.8) is 0 Å². The summed E-state index contributed by atoms with van der Waals surface area (Å²) >= 11 is 0.565. The number of ether oxygens (including phenoxy) is 1. The SMILES string of the molecule is COC(c1cc(F)cc(Sc2ccc(C(=CC(=O)O)c3ccoc3)c(O)c2)c1)(C(F)(F)F)C(F)(F)F.[Na].[Na]. The van der Waals surface area contributed by atoms with E-state index >= 15 is 0 Å².